The molecule has 3 aliphatic heterocycles. The summed E-state index contributed by atoms with van der Waals surface area (Å²) in [6.45, 7) is 17.4. The van der Waals surface area contributed by atoms with Gasteiger partial charge in [0, 0.05) is 39.9 Å². The van der Waals surface area contributed by atoms with Crippen LogP contribution in [0.5, 0.6) is 0 Å². The van der Waals surface area contributed by atoms with Crippen molar-refractivity contribution in [3.63, 3.8) is 0 Å². The number of rotatable bonds is 9. The topological polar surface area (TPSA) is 80.0 Å². The summed E-state index contributed by atoms with van der Waals surface area (Å²) in [7, 11) is 0. The number of carbonyl (C=O) groups is 2. The van der Waals surface area contributed by atoms with E-state index in [1.54, 1.807) is 0 Å². The number of nitrogens with one attached hydrogen (secondary N) is 3. The Morgan fingerprint density at radius 1 is 0.863 bits per heavy atom. The maximum absolute atomic E-state index is 12.7. The summed E-state index contributed by atoms with van der Waals surface area (Å²) in [6.07, 6.45) is 18.4. The van der Waals surface area contributed by atoms with E-state index in [0.29, 0.717) is 12.6 Å². The molecule has 2 aromatic rings. The lowest BCUT2D eigenvalue weighted by Gasteiger charge is -2.40. The fourth-order valence-electron chi connectivity index (χ4n) is 9.58. The van der Waals surface area contributed by atoms with Crippen molar-refractivity contribution in [3.05, 3.63) is 95.7 Å². The van der Waals surface area contributed by atoms with Crippen molar-refractivity contribution in [1.82, 2.24) is 30.7 Å². The van der Waals surface area contributed by atoms with Gasteiger partial charge in [0.15, 0.2) is 0 Å². The average Bonchev–Trinajstić information content (AvgIpc) is 3.85. The number of allylic oxidation sites excluding steroid dienone is 2. The van der Waals surface area contributed by atoms with Gasteiger partial charge in [-0.3, -0.25) is 15.0 Å². The third-order valence-corrected chi connectivity index (χ3v) is 12.2. The zero-order valence-corrected chi connectivity index (χ0v) is 30.7. The molecule has 8 heteroatoms. The summed E-state index contributed by atoms with van der Waals surface area (Å²) in [5.41, 5.74) is 7.18. The quantitative estimate of drug-likeness (QED) is 0.111. The largest absolute Gasteiger partial charge is 0.382 e. The van der Waals surface area contributed by atoms with Crippen molar-refractivity contribution in [2.24, 2.45) is 0 Å². The molecule has 3 fully saturated rings. The van der Waals surface area contributed by atoms with Crippen LogP contribution in [0, 0.1) is 12.5 Å². The number of amides is 3. The van der Waals surface area contributed by atoms with E-state index in [4.69, 9.17) is 6.42 Å². The monoisotopic (exact) mass is 697 g/mol. The van der Waals surface area contributed by atoms with E-state index in [0.717, 1.165) is 89.9 Å². The predicted octanol–water partition coefficient (Wildman–Crippen LogP) is 7.27. The highest BCUT2D eigenvalue weighted by atomic mass is 16.2. The van der Waals surface area contributed by atoms with Gasteiger partial charge in [0.05, 0.1) is 18.6 Å². The van der Waals surface area contributed by atoms with E-state index in [2.05, 4.69) is 93.5 Å². The molecule has 3 heterocycles. The molecule has 2 aliphatic carbocycles. The van der Waals surface area contributed by atoms with Crippen LogP contribution in [0.1, 0.15) is 110 Å². The van der Waals surface area contributed by atoms with Gasteiger partial charge >= 0.3 is 6.03 Å². The lowest BCUT2D eigenvalue weighted by molar-refractivity contribution is -0.121. The lowest BCUT2D eigenvalue weighted by Crippen LogP contribution is -2.45. The number of carbonyl (C=O) groups excluding carboxylic acids is 2. The van der Waals surface area contributed by atoms with Crippen LogP contribution in [0.3, 0.4) is 0 Å². The summed E-state index contributed by atoms with van der Waals surface area (Å²) in [6, 6.07) is 20.4. The Kier molecular flexibility index (Phi) is 11.9. The molecule has 2 aromatic carbocycles. The molecule has 2 atom stereocenters. The number of hydrogen-bond donors (Lipinski definition) is 3. The molecule has 0 unspecified atom stereocenters. The highest BCUT2D eigenvalue weighted by Crippen LogP contribution is 2.52. The van der Waals surface area contributed by atoms with Crippen molar-refractivity contribution < 1.29 is 13.9 Å². The minimum Gasteiger partial charge on any atom is -0.382 e. The fourth-order valence-corrected chi connectivity index (χ4v) is 9.58. The summed E-state index contributed by atoms with van der Waals surface area (Å²) >= 11 is 0. The van der Waals surface area contributed by atoms with Gasteiger partial charge in [-0.2, -0.15) is 0 Å². The molecule has 3 amide bonds. The van der Waals surface area contributed by atoms with Crippen molar-refractivity contribution >= 4 is 11.9 Å². The Bertz CT molecular complexity index is 1610. The highest BCUT2D eigenvalue weighted by Gasteiger charge is 2.47. The highest BCUT2D eigenvalue weighted by molar-refractivity contribution is 5.79. The molecule has 3 saturated heterocycles. The molecule has 51 heavy (non-hydrogen) atoms. The molecule has 7 rings (SSSR count). The van der Waals surface area contributed by atoms with Gasteiger partial charge in [0.25, 0.3) is 0 Å². The second-order valence-corrected chi connectivity index (χ2v) is 15.6. The average molecular weight is 697 g/mol. The fraction of sp³-hybridized carbons (Fsp3) is 0.535. The van der Waals surface area contributed by atoms with E-state index in [1.807, 2.05) is 17.9 Å². The summed E-state index contributed by atoms with van der Waals surface area (Å²) in [5.74, 6) is -0.0953. The number of piperidine rings is 2. The molecular weight excluding hydrogens is 633 g/mol. The molecular formula is C43H64N6O2. The van der Waals surface area contributed by atoms with E-state index >= 15 is 0 Å². The van der Waals surface area contributed by atoms with E-state index in [1.165, 1.54) is 48.1 Å². The van der Waals surface area contributed by atoms with Crippen LogP contribution in [0.4, 0.5) is 4.79 Å². The first-order valence-corrected chi connectivity index (χ1v) is 19.2. The second-order valence-electron chi connectivity index (χ2n) is 15.6. The minimum atomic E-state index is -0.0953. The van der Waals surface area contributed by atoms with Crippen molar-refractivity contribution in [2.75, 3.05) is 52.4 Å². The smallest absolute Gasteiger partial charge is 0.317 e. The van der Waals surface area contributed by atoms with Gasteiger partial charge in [-0.25, -0.2) is 4.79 Å². The Labute approximate surface area is 310 Å². The van der Waals surface area contributed by atoms with Gasteiger partial charge in [-0.05, 0) is 126 Å². The number of terminal acetylenes is 1. The third-order valence-electron chi connectivity index (χ3n) is 12.2. The molecule has 0 saturated carbocycles. The molecule has 3 N–H and O–H groups in total. The molecule has 5 aliphatic rings. The van der Waals surface area contributed by atoms with Gasteiger partial charge in [0.1, 0.15) is 0 Å². The zero-order chi connectivity index (χ0) is 35.8. The van der Waals surface area contributed by atoms with Crippen LogP contribution in [0.15, 0.2) is 73.5 Å². The molecule has 278 valence electrons. The van der Waals surface area contributed by atoms with Gasteiger partial charge in [-0.15, -0.1) is 6.58 Å². The Balaban J connectivity index is 0.000000277. The second kappa shape index (κ2) is 16.5. The lowest BCUT2D eigenvalue weighted by atomic mass is 9.73. The predicted molar refractivity (Wildman–Crippen MR) is 212 cm³/mol. The standard InChI is InChI=1S/C23H33N3O.C20H25N3O.3H2/c1-2-3-6-13-25-16-11-23(12-17-25)18-21(19-9-4-5-10-20(19)23)24-22(27)26-14-7-8-15-26;1-4-21-19(24)14-23-11-9-20(10-12-23)13-18(22-15(2)3)16-7-5-6-8-17(16)20;;;/h2,4-5,9-10,21H,1,3,6-8,11-18H2,(H,24,27);1,5-8,18,22H,2,9-14H2,3H3,(H,21,24);3*1H/t21-;18-;;;/m00.../s1. The van der Waals surface area contributed by atoms with Gasteiger partial charge < -0.3 is 20.4 Å². The number of unbranched alkanes of at least 4 members (excludes halogenated alkanes) is 1. The number of urea groups is 1. The molecule has 8 nitrogen and oxygen atoms in total. The van der Waals surface area contributed by atoms with E-state index < -0.39 is 0 Å². The van der Waals surface area contributed by atoms with Crippen LogP contribution in [-0.4, -0.2) is 79.0 Å². The van der Waals surface area contributed by atoms with Crippen LogP contribution in [0.25, 0.3) is 0 Å². The first-order chi connectivity index (χ1) is 24.8. The van der Waals surface area contributed by atoms with Crippen LogP contribution < -0.4 is 16.0 Å². The van der Waals surface area contributed by atoms with Crippen LogP contribution >= 0.6 is 0 Å². The van der Waals surface area contributed by atoms with Crippen LogP contribution in [0.2, 0.25) is 0 Å². The minimum absolute atomic E-state index is 0. The summed E-state index contributed by atoms with van der Waals surface area (Å²) in [5, 5.41) is 9.32. The Morgan fingerprint density at radius 3 is 1.92 bits per heavy atom. The number of nitrogens with zero attached hydrogens (tertiary/aromatic N) is 3. The van der Waals surface area contributed by atoms with E-state index in [-0.39, 0.29) is 33.1 Å². The van der Waals surface area contributed by atoms with Crippen molar-refractivity contribution in [2.45, 2.75) is 94.0 Å². The Morgan fingerprint density at radius 2 is 1.39 bits per heavy atom. The number of fused-ring (bicyclic) bond motifs is 4. The number of likely N-dealkylation sites (tertiary alicyclic amines) is 3. The zero-order valence-electron chi connectivity index (χ0n) is 30.7. The molecule has 2 spiro atoms. The third kappa shape index (κ3) is 8.37. The van der Waals surface area contributed by atoms with Crippen molar-refractivity contribution in [3.8, 4) is 12.5 Å². The molecule has 0 radical (unpaired) electrons. The first-order valence-electron chi connectivity index (χ1n) is 19.2. The normalized spacial score (nSPS) is 23.0. The maximum atomic E-state index is 12.7. The summed E-state index contributed by atoms with van der Waals surface area (Å²) in [4.78, 5) is 31.1. The maximum Gasteiger partial charge on any atom is 0.317 e. The first kappa shape index (κ1) is 36.7. The van der Waals surface area contributed by atoms with Crippen molar-refractivity contribution in [1.29, 1.82) is 0 Å². The molecule has 0 bridgehead atoms. The van der Waals surface area contributed by atoms with E-state index in [9.17, 15) is 9.59 Å². The van der Waals surface area contributed by atoms with Gasteiger partial charge in [-0.1, -0.05) is 67.6 Å². The summed E-state index contributed by atoms with van der Waals surface area (Å²) < 4.78 is 0. The Hall–Kier alpha value is -4.06. The number of hydrogen-bond acceptors (Lipinski definition) is 5. The van der Waals surface area contributed by atoms with Gasteiger partial charge in [0.2, 0.25) is 5.91 Å². The van der Waals surface area contributed by atoms with Crippen LogP contribution in [-0.2, 0) is 15.6 Å². The SMILES string of the molecule is C#CNC(=O)CN1CCC2(CC1)C[C@H](NC(=C)C)c1ccccc12.C=CCCCN1CCC2(CC1)C[C@H](NC(=O)N1CCCC1)c1ccccc12.[HH].[HH].[HH]. The number of benzene rings is 2. The molecule has 0 aromatic heterocycles.